The molecule has 21 heavy (non-hydrogen) atoms. The Bertz CT molecular complexity index is 705. The molecule has 0 aliphatic heterocycles. The number of carbonyl (C=O) groups is 1. The molecular formula is C16H19N3O2. The Hall–Kier alpha value is -2.43. The van der Waals surface area contributed by atoms with Crippen molar-refractivity contribution >= 4 is 11.6 Å². The quantitative estimate of drug-likeness (QED) is 0.939. The van der Waals surface area contributed by atoms with Crippen LogP contribution in [0.2, 0.25) is 0 Å². The highest BCUT2D eigenvalue weighted by Crippen LogP contribution is 2.16. The molecule has 0 bridgehead atoms. The van der Waals surface area contributed by atoms with E-state index in [9.17, 15) is 9.59 Å². The summed E-state index contributed by atoms with van der Waals surface area (Å²) in [6.07, 6.45) is 0.829. The van der Waals surface area contributed by atoms with E-state index in [0.29, 0.717) is 0 Å². The zero-order valence-electron chi connectivity index (χ0n) is 12.5. The zero-order valence-corrected chi connectivity index (χ0v) is 12.5. The maximum absolute atomic E-state index is 12.3. The summed E-state index contributed by atoms with van der Waals surface area (Å²) in [5.41, 5.74) is 1.85. The maximum atomic E-state index is 12.3. The molecule has 0 unspecified atom stereocenters. The van der Waals surface area contributed by atoms with Crippen LogP contribution in [0.5, 0.6) is 0 Å². The van der Waals surface area contributed by atoms with Gasteiger partial charge in [-0.3, -0.25) is 9.59 Å². The van der Waals surface area contributed by atoms with Crippen LogP contribution in [-0.4, -0.2) is 15.7 Å². The standard InChI is InChI=1S/C16H19N3O2/c1-4-12-7-5-6-8-13(12)17-16(21)14-9-10-15(20)19(18-14)11(2)3/h5-11H,4H2,1-3H3,(H,17,21). The molecule has 1 amide bonds. The summed E-state index contributed by atoms with van der Waals surface area (Å²) >= 11 is 0. The molecule has 2 aromatic rings. The van der Waals surface area contributed by atoms with Crippen LogP contribution in [0, 0.1) is 0 Å². The lowest BCUT2D eigenvalue weighted by atomic mass is 10.1. The number of hydrogen-bond donors (Lipinski definition) is 1. The van der Waals surface area contributed by atoms with Gasteiger partial charge in [0.2, 0.25) is 0 Å². The number of aryl methyl sites for hydroxylation is 1. The van der Waals surface area contributed by atoms with Crippen LogP contribution in [0.4, 0.5) is 5.69 Å². The van der Waals surface area contributed by atoms with E-state index in [-0.39, 0.29) is 23.2 Å². The van der Waals surface area contributed by atoms with Gasteiger partial charge < -0.3 is 5.32 Å². The van der Waals surface area contributed by atoms with Gasteiger partial charge in [-0.15, -0.1) is 0 Å². The number of carbonyl (C=O) groups excluding carboxylic acids is 1. The molecule has 0 atom stereocenters. The van der Waals surface area contributed by atoms with E-state index in [1.165, 1.54) is 16.8 Å². The number of para-hydroxylation sites is 1. The van der Waals surface area contributed by atoms with Crippen molar-refractivity contribution in [3.63, 3.8) is 0 Å². The van der Waals surface area contributed by atoms with Gasteiger partial charge in [-0.05, 0) is 38.0 Å². The van der Waals surface area contributed by atoms with Crippen LogP contribution in [-0.2, 0) is 6.42 Å². The smallest absolute Gasteiger partial charge is 0.276 e. The fourth-order valence-electron chi connectivity index (χ4n) is 2.05. The summed E-state index contributed by atoms with van der Waals surface area (Å²) in [5.74, 6) is -0.315. The SMILES string of the molecule is CCc1ccccc1NC(=O)c1ccc(=O)n(C(C)C)n1. The Morgan fingerprint density at radius 2 is 1.95 bits per heavy atom. The fourth-order valence-corrected chi connectivity index (χ4v) is 2.05. The van der Waals surface area contributed by atoms with Crippen molar-refractivity contribution in [1.82, 2.24) is 9.78 Å². The molecule has 1 aromatic carbocycles. The van der Waals surface area contributed by atoms with Gasteiger partial charge in [0.1, 0.15) is 5.69 Å². The summed E-state index contributed by atoms with van der Waals surface area (Å²) in [5, 5.41) is 6.96. The molecule has 0 saturated carbocycles. The van der Waals surface area contributed by atoms with Crippen molar-refractivity contribution in [2.45, 2.75) is 33.2 Å². The number of amides is 1. The van der Waals surface area contributed by atoms with Gasteiger partial charge in [0.25, 0.3) is 11.5 Å². The summed E-state index contributed by atoms with van der Waals surface area (Å²) in [6.45, 7) is 5.73. The van der Waals surface area contributed by atoms with E-state index >= 15 is 0 Å². The molecule has 110 valence electrons. The van der Waals surface area contributed by atoms with E-state index < -0.39 is 0 Å². The molecule has 0 aliphatic rings. The topological polar surface area (TPSA) is 64.0 Å². The highest BCUT2D eigenvalue weighted by molar-refractivity contribution is 6.03. The molecule has 1 heterocycles. The molecule has 0 fully saturated rings. The molecule has 5 heteroatoms. The minimum atomic E-state index is -0.315. The summed E-state index contributed by atoms with van der Waals surface area (Å²) in [4.78, 5) is 23.9. The molecule has 0 spiro atoms. The first-order valence-electron chi connectivity index (χ1n) is 7.02. The Labute approximate surface area is 123 Å². The van der Waals surface area contributed by atoms with Gasteiger partial charge in [0, 0.05) is 11.8 Å². The third-order valence-corrected chi connectivity index (χ3v) is 3.19. The summed E-state index contributed by atoms with van der Waals surface area (Å²) < 4.78 is 1.31. The van der Waals surface area contributed by atoms with E-state index in [2.05, 4.69) is 10.4 Å². The van der Waals surface area contributed by atoms with Gasteiger partial charge in [-0.25, -0.2) is 4.68 Å². The van der Waals surface area contributed by atoms with Gasteiger partial charge in [0.15, 0.2) is 0 Å². The van der Waals surface area contributed by atoms with Gasteiger partial charge in [0.05, 0.1) is 6.04 Å². The Kier molecular flexibility index (Phi) is 4.52. The average Bonchev–Trinajstić information content (AvgIpc) is 2.47. The molecule has 1 aromatic heterocycles. The normalized spacial score (nSPS) is 10.7. The van der Waals surface area contributed by atoms with Gasteiger partial charge in [-0.2, -0.15) is 5.10 Å². The highest BCUT2D eigenvalue weighted by Gasteiger charge is 2.12. The molecule has 0 saturated heterocycles. The molecule has 2 rings (SSSR count). The van der Waals surface area contributed by atoms with Crippen LogP contribution in [0.3, 0.4) is 0 Å². The second-order valence-corrected chi connectivity index (χ2v) is 5.06. The number of nitrogens with one attached hydrogen (secondary N) is 1. The largest absolute Gasteiger partial charge is 0.320 e. The van der Waals surface area contributed by atoms with Crippen molar-refractivity contribution < 1.29 is 4.79 Å². The minimum absolute atomic E-state index is 0.0896. The predicted molar refractivity (Wildman–Crippen MR) is 82.7 cm³/mol. The van der Waals surface area contributed by atoms with Crippen LogP contribution in [0.15, 0.2) is 41.2 Å². The monoisotopic (exact) mass is 285 g/mol. The first-order valence-corrected chi connectivity index (χ1v) is 7.02. The predicted octanol–water partition coefficient (Wildman–Crippen LogP) is 2.64. The van der Waals surface area contributed by atoms with Crippen molar-refractivity contribution in [2.24, 2.45) is 0 Å². The van der Waals surface area contributed by atoms with Crippen LogP contribution in [0.25, 0.3) is 0 Å². The number of benzene rings is 1. The second-order valence-electron chi connectivity index (χ2n) is 5.06. The number of hydrogen-bond acceptors (Lipinski definition) is 3. The van der Waals surface area contributed by atoms with Gasteiger partial charge >= 0.3 is 0 Å². The zero-order chi connectivity index (χ0) is 15.4. The van der Waals surface area contributed by atoms with E-state index in [1.54, 1.807) is 0 Å². The van der Waals surface area contributed by atoms with E-state index in [0.717, 1.165) is 17.7 Å². The molecule has 5 nitrogen and oxygen atoms in total. The van der Waals surface area contributed by atoms with Gasteiger partial charge in [-0.1, -0.05) is 25.1 Å². The number of aromatic nitrogens is 2. The first kappa shape index (κ1) is 15.0. The first-order chi connectivity index (χ1) is 10.0. The fraction of sp³-hybridized carbons (Fsp3) is 0.312. The summed E-state index contributed by atoms with van der Waals surface area (Å²) in [6, 6.07) is 10.4. The molecule has 0 radical (unpaired) electrons. The molecule has 0 aliphatic carbocycles. The van der Waals surface area contributed by atoms with E-state index in [4.69, 9.17) is 0 Å². The number of rotatable bonds is 4. The van der Waals surface area contributed by atoms with Crippen molar-refractivity contribution in [3.8, 4) is 0 Å². The minimum Gasteiger partial charge on any atom is -0.320 e. The third kappa shape index (κ3) is 3.37. The number of anilines is 1. The van der Waals surface area contributed by atoms with Crippen LogP contribution >= 0.6 is 0 Å². The lowest BCUT2D eigenvalue weighted by molar-refractivity contribution is 0.101. The summed E-state index contributed by atoms with van der Waals surface area (Å²) in [7, 11) is 0. The van der Waals surface area contributed by atoms with Crippen LogP contribution in [0.1, 0.15) is 42.9 Å². The lowest BCUT2D eigenvalue weighted by Gasteiger charge is -2.11. The van der Waals surface area contributed by atoms with Crippen molar-refractivity contribution in [2.75, 3.05) is 5.32 Å². The van der Waals surface area contributed by atoms with Crippen molar-refractivity contribution in [1.29, 1.82) is 0 Å². The Balaban J connectivity index is 2.29. The molecule has 1 N–H and O–H groups in total. The maximum Gasteiger partial charge on any atom is 0.276 e. The Morgan fingerprint density at radius 1 is 1.24 bits per heavy atom. The molecular weight excluding hydrogens is 266 g/mol. The van der Waals surface area contributed by atoms with Crippen LogP contribution < -0.4 is 10.9 Å². The number of nitrogens with zero attached hydrogens (tertiary/aromatic N) is 2. The Morgan fingerprint density at radius 3 is 2.62 bits per heavy atom. The average molecular weight is 285 g/mol. The lowest BCUT2D eigenvalue weighted by Crippen LogP contribution is -2.27. The van der Waals surface area contributed by atoms with E-state index in [1.807, 2.05) is 45.0 Å². The highest BCUT2D eigenvalue weighted by atomic mass is 16.2. The second kappa shape index (κ2) is 6.35. The third-order valence-electron chi connectivity index (χ3n) is 3.19. The van der Waals surface area contributed by atoms with Crippen molar-refractivity contribution in [3.05, 3.63) is 58.0 Å².